The zero-order valence-electron chi connectivity index (χ0n) is 14.5. The first-order valence-electron chi connectivity index (χ1n) is 8.11. The summed E-state index contributed by atoms with van der Waals surface area (Å²) in [6, 6.07) is 17.3. The number of carbonyl (C=O) groups is 1. The van der Waals surface area contributed by atoms with Crippen molar-refractivity contribution in [2.75, 3.05) is 0 Å². The van der Waals surface area contributed by atoms with E-state index in [2.05, 4.69) is 10.2 Å². The van der Waals surface area contributed by atoms with Crippen molar-refractivity contribution in [1.29, 1.82) is 0 Å². The number of carbonyl (C=O) groups excluding carboxylic acids is 1. The van der Waals surface area contributed by atoms with Crippen LogP contribution in [0.1, 0.15) is 18.3 Å². The standard InChI is InChI=1S/C19H19N3O3S/c1-13-8-10-16(11-9-13)25-12-17-20-21-19(26-14(2)18(23)24)22(17)15-6-4-3-5-7-15/h3-11,14H,12H2,1-2H3,(H,23,24)/p-1/t14-/m0/s1. The van der Waals surface area contributed by atoms with E-state index in [4.69, 9.17) is 4.74 Å². The SMILES string of the molecule is Cc1ccc(OCc2nnc(S[C@@H](C)C(=O)[O-])n2-c2ccccc2)cc1. The molecule has 0 unspecified atom stereocenters. The van der Waals surface area contributed by atoms with Gasteiger partial charge in [-0.3, -0.25) is 4.57 Å². The van der Waals surface area contributed by atoms with E-state index < -0.39 is 11.2 Å². The summed E-state index contributed by atoms with van der Waals surface area (Å²) in [5.41, 5.74) is 1.99. The van der Waals surface area contributed by atoms with Crippen LogP contribution in [0.5, 0.6) is 5.75 Å². The summed E-state index contributed by atoms with van der Waals surface area (Å²) in [5.74, 6) is 0.176. The second-order valence-corrected chi connectivity index (χ2v) is 7.06. The monoisotopic (exact) mass is 368 g/mol. The number of hydrogen-bond acceptors (Lipinski definition) is 6. The van der Waals surface area contributed by atoms with Crippen LogP contribution in [0.2, 0.25) is 0 Å². The molecule has 26 heavy (non-hydrogen) atoms. The molecular weight excluding hydrogens is 350 g/mol. The highest BCUT2D eigenvalue weighted by Crippen LogP contribution is 2.26. The normalized spacial score (nSPS) is 11.9. The molecule has 3 aromatic rings. The summed E-state index contributed by atoms with van der Waals surface area (Å²) >= 11 is 1.09. The number of para-hydroxylation sites is 1. The van der Waals surface area contributed by atoms with E-state index in [0.29, 0.717) is 11.0 Å². The lowest BCUT2D eigenvalue weighted by Crippen LogP contribution is -2.31. The minimum Gasteiger partial charge on any atom is -0.549 e. The summed E-state index contributed by atoms with van der Waals surface area (Å²) in [6.45, 7) is 3.79. The number of rotatable bonds is 7. The molecule has 0 saturated heterocycles. The van der Waals surface area contributed by atoms with E-state index in [1.807, 2.05) is 61.5 Å². The van der Waals surface area contributed by atoms with Gasteiger partial charge in [-0.15, -0.1) is 10.2 Å². The Bertz CT molecular complexity index is 879. The molecule has 1 atom stereocenters. The van der Waals surface area contributed by atoms with E-state index in [1.165, 1.54) is 0 Å². The maximum absolute atomic E-state index is 11.1. The summed E-state index contributed by atoms with van der Waals surface area (Å²) < 4.78 is 7.62. The molecule has 0 spiro atoms. The summed E-state index contributed by atoms with van der Waals surface area (Å²) in [6.07, 6.45) is 0. The van der Waals surface area contributed by atoms with Crippen molar-refractivity contribution in [2.45, 2.75) is 30.9 Å². The Balaban J connectivity index is 1.88. The van der Waals surface area contributed by atoms with Crippen molar-refractivity contribution in [1.82, 2.24) is 14.8 Å². The second-order valence-electron chi connectivity index (χ2n) is 5.75. The van der Waals surface area contributed by atoms with Gasteiger partial charge in [-0.1, -0.05) is 47.7 Å². The van der Waals surface area contributed by atoms with Crippen LogP contribution >= 0.6 is 11.8 Å². The lowest BCUT2D eigenvalue weighted by atomic mass is 10.2. The molecule has 0 saturated carbocycles. The third-order valence-electron chi connectivity index (χ3n) is 3.72. The highest BCUT2D eigenvalue weighted by Gasteiger charge is 2.18. The Morgan fingerprint density at radius 3 is 2.50 bits per heavy atom. The maximum atomic E-state index is 11.1. The third-order valence-corrected chi connectivity index (χ3v) is 4.74. The van der Waals surface area contributed by atoms with Gasteiger partial charge in [0, 0.05) is 10.9 Å². The molecule has 0 bridgehead atoms. The van der Waals surface area contributed by atoms with Gasteiger partial charge in [0.15, 0.2) is 11.0 Å². The molecule has 134 valence electrons. The van der Waals surface area contributed by atoms with Gasteiger partial charge < -0.3 is 14.6 Å². The number of hydrogen-bond donors (Lipinski definition) is 0. The summed E-state index contributed by atoms with van der Waals surface area (Å²) in [7, 11) is 0. The smallest absolute Gasteiger partial charge is 0.196 e. The summed E-state index contributed by atoms with van der Waals surface area (Å²) in [5, 5.41) is 19.2. The molecule has 0 fully saturated rings. The number of ether oxygens (including phenoxy) is 1. The van der Waals surface area contributed by atoms with E-state index in [1.54, 1.807) is 11.5 Å². The van der Waals surface area contributed by atoms with E-state index in [0.717, 1.165) is 28.8 Å². The number of aliphatic carboxylic acids is 1. The predicted molar refractivity (Wildman–Crippen MR) is 97.2 cm³/mol. The number of nitrogens with zero attached hydrogens (tertiary/aromatic N) is 3. The molecule has 0 aliphatic carbocycles. The molecule has 0 aliphatic rings. The maximum Gasteiger partial charge on any atom is 0.196 e. The fourth-order valence-corrected chi connectivity index (χ4v) is 3.11. The van der Waals surface area contributed by atoms with Crippen LogP contribution in [0, 0.1) is 6.92 Å². The van der Waals surface area contributed by atoms with Crippen LogP contribution in [0.3, 0.4) is 0 Å². The van der Waals surface area contributed by atoms with Crippen molar-refractivity contribution >= 4 is 17.7 Å². The molecule has 2 aromatic carbocycles. The van der Waals surface area contributed by atoms with Crippen molar-refractivity contribution in [2.24, 2.45) is 0 Å². The number of aromatic nitrogens is 3. The van der Waals surface area contributed by atoms with Crippen LogP contribution in [0.15, 0.2) is 59.8 Å². The predicted octanol–water partition coefficient (Wildman–Crippen LogP) is 2.39. The van der Waals surface area contributed by atoms with E-state index >= 15 is 0 Å². The average molecular weight is 368 g/mol. The Labute approximate surface area is 155 Å². The van der Waals surface area contributed by atoms with Crippen molar-refractivity contribution in [3.05, 3.63) is 66.0 Å². The largest absolute Gasteiger partial charge is 0.549 e. The zero-order chi connectivity index (χ0) is 18.5. The zero-order valence-corrected chi connectivity index (χ0v) is 15.3. The van der Waals surface area contributed by atoms with Gasteiger partial charge in [0.05, 0.1) is 5.97 Å². The first kappa shape index (κ1) is 18.0. The topological polar surface area (TPSA) is 80.1 Å². The highest BCUT2D eigenvalue weighted by molar-refractivity contribution is 8.00. The molecule has 0 N–H and O–H groups in total. The lowest BCUT2D eigenvalue weighted by molar-refractivity contribution is -0.304. The first-order chi connectivity index (χ1) is 12.5. The molecule has 0 amide bonds. The number of thioether (sulfide) groups is 1. The van der Waals surface area contributed by atoms with Gasteiger partial charge in [0.2, 0.25) is 0 Å². The van der Waals surface area contributed by atoms with Crippen molar-refractivity contribution in [3.63, 3.8) is 0 Å². The average Bonchev–Trinajstić information content (AvgIpc) is 3.04. The Morgan fingerprint density at radius 2 is 1.85 bits per heavy atom. The van der Waals surface area contributed by atoms with Crippen LogP contribution in [-0.2, 0) is 11.4 Å². The molecule has 1 aromatic heterocycles. The summed E-state index contributed by atoms with van der Waals surface area (Å²) in [4.78, 5) is 11.1. The first-order valence-corrected chi connectivity index (χ1v) is 8.99. The second kappa shape index (κ2) is 8.05. The molecule has 0 aliphatic heterocycles. The minimum absolute atomic E-state index is 0.214. The fourth-order valence-electron chi connectivity index (χ4n) is 2.30. The van der Waals surface area contributed by atoms with Crippen LogP contribution in [0.25, 0.3) is 5.69 Å². The van der Waals surface area contributed by atoms with Gasteiger partial charge in [-0.2, -0.15) is 0 Å². The highest BCUT2D eigenvalue weighted by atomic mass is 32.2. The molecule has 6 nitrogen and oxygen atoms in total. The van der Waals surface area contributed by atoms with Gasteiger partial charge in [0.25, 0.3) is 0 Å². The molecule has 7 heteroatoms. The molecule has 1 heterocycles. The Morgan fingerprint density at radius 1 is 1.15 bits per heavy atom. The Kier molecular flexibility index (Phi) is 5.58. The van der Waals surface area contributed by atoms with Gasteiger partial charge in [-0.25, -0.2) is 0 Å². The fraction of sp³-hybridized carbons (Fsp3) is 0.211. The van der Waals surface area contributed by atoms with Crippen molar-refractivity contribution in [3.8, 4) is 11.4 Å². The van der Waals surface area contributed by atoms with E-state index in [-0.39, 0.29) is 6.61 Å². The van der Waals surface area contributed by atoms with Crippen LogP contribution in [0.4, 0.5) is 0 Å². The number of carboxylic acid groups (broad SMARTS) is 1. The van der Waals surface area contributed by atoms with Gasteiger partial charge in [0.1, 0.15) is 12.4 Å². The molecular formula is C19H18N3O3S-. The minimum atomic E-state index is -1.14. The number of benzene rings is 2. The molecule has 0 radical (unpaired) electrons. The van der Waals surface area contributed by atoms with Crippen molar-refractivity contribution < 1.29 is 14.6 Å². The van der Waals surface area contributed by atoms with Gasteiger partial charge >= 0.3 is 0 Å². The van der Waals surface area contributed by atoms with E-state index in [9.17, 15) is 9.90 Å². The third kappa shape index (κ3) is 4.23. The number of carboxylic acids is 1. The van der Waals surface area contributed by atoms with Crippen LogP contribution in [-0.4, -0.2) is 26.0 Å². The van der Waals surface area contributed by atoms with Gasteiger partial charge in [-0.05, 0) is 38.1 Å². The lowest BCUT2D eigenvalue weighted by Gasteiger charge is -2.14. The molecule has 3 rings (SSSR count). The quantitative estimate of drug-likeness (QED) is 0.596. The Hall–Kier alpha value is -2.80. The number of aryl methyl sites for hydroxylation is 1. The van der Waals surface area contributed by atoms with Crippen LogP contribution < -0.4 is 9.84 Å².